The third-order valence-electron chi connectivity index (χ3n) is 5.15. The highest BCUT2D eigenvalue weighted by atomic mass is 16.5. The Balaban J connectivity index is 1.48. The molecule has 2 aliphatic rings. The first kappa shape index (κ1) is 14.8. The molecule has 2 unspecified atom stereocenters. The van der Waals surface area contributed by atoms with E-state index in [0.29, 0.717) is 24.2 Å². The summed E-state index contributed by atoms with van der Waals surface area (Å²) in [5.74, 6) is 1.30. The zero-order chi connectivity index (χ0) is 16.0. The molecule has 124 valence electrons. The molecule has 2 aromatic rings. The Hall–Kier alpha value is -1.73. The van der Waals surface area contributed by atoms with E-state index >= 15 is 0 Å². The second-order valence-electron chi connectivity index (χ2n) is 6.61. The van der Waals surface area contributed by atoms with Gasteiger partial charge in [-0.2, -0.15) is 10.1 Å². The Labute approximate surface area is 135 Å². The molecule has 2 saturated heterocycles. The van der Waals surface area contributed by atoms with Crippen LogP contribution in [0.15, 0.2) is 4.52 Å². The molecule has 0 spiro atoms. The lowest BCUT2D eigenvalue weighted by Crippen LogP contribution is -2.42. The van der Waals surface area contributed by atoms with Gasteiger partial charge in [-0.05, 0) is 33.2 Å². The summed E-state index contributed by atoms with van der Waals surface area (Å²) in [6.07, 6.45) is 3.05. The molecule has 2 fully saturated rings. The molecule has 23 heavy (non-hydrogen) atoms. The maximum absolute atomic E-state index is 5.95. The minimum atomic E-state index is -0.0713. The van der Waals surface area contributed by atoms with E-state index in [1.54, 1.807) is 0 Å². The van der Waals surface area contributed by atoms with Crippen molar-refractivity contribution < 1.29 is 9.26 Å². The number of fused-ring (bicyclic) bond motifs is 1. The number of morpholine rings is 1. The van der Waals surface area contributed by atoms with Crippen LogP contribution in [-0.4, -0.2) is 50.6 Å². The monoisotopic (exact) mass is 317 g/mol. The second kappa shape index (κ2) is 5.72. The minimum Gasteiger partial charge on any atom is -0.367 e. The zero-order valence-corrected chi connectivity index (χ0v) is 13.9. The summed E-state index contributed by atoms with van der Waals surface area (Å²) >= 11 is 0. The number of ether oxygens (including phenoxy) is 1. The standard InChI is InChI=1S/C16H23N5O2/c1-10-13(11(2)20(3)18-10)7-15-17-16(19-23-15)14-8-21-6-4-5-12(21)9-22-14/h12,14H,4-9H2,1-3H3. The predicted octanol–water partition coefficient (Wildman–Crippen LogP) is 1.55. The van der Waals surface area contributed by atoms with E-state index in [9.17, 15) is 0 Å². The number of nitrogens with zero attached hydrogens (tertiary/aromatic N) is 5. The van der Waals surface area contributed by atoms with Crippen LogP contribution >= 0.6 is 0 Å². The van der Waals surface area contributed by atoms with Crippen LogP contribution in [0.2, 0.25) is 0 Å². The van der Waals surface area contributed by atoms with E-state index in [1.165, 1.54) is 12.8 Å². The van der Waals surface area contributed by atoms with Crippen LogP contribution in [0.25, 0.3) is 0 Å². The van der Waals surface area contributed by atoms with Crippen molar-refractivity contribution in [3.05, 3.63) is 28.7 Å². The van der Waals surface area contributed by atoms with Gasteiger partial charge >= 0.3 is 0 Å². The molecule has 0 aromatic carbocycles. The van der Waals surface area contributed by atoms with Gasteiger partial charge in [0.2, 0.25) is 11.7 Å². The van der Waals surface area contributed by atoms with E-state index in [1.807, 2.05) is 18.7 Å². The van der Waals surface area contributed by atoms with Crippen LogP contribution in [0, 0.1) is 13.8 Å². The van der Waals surface area contributed by atoms with E-state index in [4.69, 9.17) is 9.26 Å². The van der Waals surface area contributed by atoms with Gasteiger partial charge in [0.25, 0.3) is 0 Å². The van der Waals surface area contributed by atoms with Gasteiger partial charge in [-0.1, -0.05) is 5.16 Å². The molecule has 2 aliphatic heterocycles. The highest BCUT2D eigenvalue weighted by Gasteiger charge is 2.34. The average molecular weight is 317 g/mol. The maximum Gasteiger partial charge on any atom is 0.231 e. The summed E-state index contributed by atoms with van der Waals surface area (Å²) in [6, 6.07) is 0.582. The van der Waals surface area contributed by atoms with Crippen molar-refractivity contribution in [3.63, 3.8) is 0 Å². The van der Waals surface area contributed by atoms with Gasteiger partial charge < -0.3 is 9.26 Å². The summed E-state index contributed by atoms with van der Waals surface area (Å²) in [7, 11) is 1.95. The lowest BCUT2D eigenvalue weighted by molar-refractivity contribution is -0.0548. The Morgan fingerprint density at radius 3 is 2.96 bits per heavy atom. The fraction of sp³-hybridized carbons (Fsp3) is 0.688. The molecule has 4 rings (SSSR count). The van der Waals surface area contributed by atoms with Crippen molar-refractivity contribution in [2.24, 2.45) is 7.05 Å². The normalized spacial score (nSPS) is 25.0. The van der Waals surface area contributed by atoms with Crippen LogP contribution in [0.3, 0.4) is 0 Å². The third kappa shape index (κ3) is 2.68. The smallest absolute Gasteiger partial charge is 0.231 e. The number of hydrogen-bond donors (Lipinski definition) is 0. The summed E-state index contributed by atoms with van der Waals surface area (Å²) in [6.45, 7) is 6.87. The lowest BCUT2D eigenvalue weighted by atomic mass is 10.1. The van der Waals surface area contributed by atoms with Gasteiger partial charge in [0.05, 0.1) is 18.7 Å². The van der Waals surface area contributed by atoms with Crippen LogP contribution in [0.1, 0.15) is 47.6 Å². The first-order valence-electron chi connectivity index (χ1n) is 8.29. The molecule has 0 N–H and O–H groups in total. The first-order chi connectivity index (χ1) is 11.1. The molecule has 4 heterocycles. The van der Waals surface area contributed by atoms with Gasteiger partial charge in [-0.3, -0.25) is 9.58 Å². The summed E-state index contributed by atoms with van der Waals surface area (Å²) in [5.41, 5.74) is 3.31. The number of rotatable bonds is 3. The van der Waals surface area contributed by atoms with Crippen LogP contribution < -0.4 is 0 Å². The van der Waals surface area contributed by atoms with E-state index in [0.717, 1.165) is 36.6 Å². The van der Waals surface area contributed by atoms with Crippen molar-refractivity contribution in [1.29, 1.82) is 0 Å². The molecule has 0 aliphatic carbocycles. The molecule has 7 heteroatoms. The van der Waals surface area contributed by atoms with E-state index < -0.39 is 0 Å². The fourth-order valence-corrected chi connectivity index (χ4v) is 3.67. The van der Waals surface area contributed by atoms with Gasteiger partial charge in [0, 0.05) is 30.9 Å². The number of hydrogen-bond acceptors (Lipinski definition) is 6. The Bertz CT molecular complexity index is 707. The largest absolute Gasteiger partial charge is 0.367 e. The quantitative estimate of drug-likeness (QED) is 0.855. The highest BCUT2D eigenvalue weighted by Crippen LogP contribution is 2.29. The molecular formula is C16H23N5O2. The molecular weight excluding hydrogens is 294 g/mol. The Kier molecular flexibility index (Phi) is 3.69. The molecule has 0 saturated carbocycles. The van der Waals surface area contributed by atoms with Crippen molar-refractivity contribution >= 4 is 0 Å². The van der Waals surface area contributed by atoms with Crippen molar-refractivity contribution in [1.82, 2.24) is 24.8 Å². The SMILES string of the molecule is Cc1nn(C)c(C)c1Cc1nc(C2CN3CCCC3CO2)no1. The van der Waals surface area contributed by atoms with Crippen LogP contribution in [0.5, 0.6) is 0 Å². The molecule has 0 amide bonds. The van der Waals surface area contributed by atoms with Gasteiger partial charge in [-0.25, -0.2) is 0 Å². The second-order valence-corrected chi connectivity index (χ2v) is 6.61. The molecule has 2 atom stereocenters. The van der Waals surface area contributed by atoms with Gasteiger partial charge in [-0.15, -0.1) is 0 Å². The van der Waals surface area contributed by atoms with E-state index in [-0.39, 0.29) is 6.10 Å². The van der Waals surface area contributed by atoms with Crippen molar-refractivity contribution in [2.75, 3.05) is 19.7 Å². The van der Waals surface area contributed by atoms with Gasteiger partial charge in [0.15, 0.2) is 0 Å². The lowest BCUT2D eigenvalue weighted by Gasteiger charge is -2.33. The highest BCUT2D eigenvalue weighted by molar-refractivity contribution is 5.27. The topological polar surface area (TPSA) is 69.2 Å². The van der Waals surface area contributed by atoms with Crippen LogP contribution in [-0.2, 0) is 18.2 Å². The molecule has 0 bridgehead atoms. The predicted molar refractivity (Wildman–Crippen MR) is 83.1 cm³/mol. The number of aryl methyl sites for hydroxylation is 2. The van der Waals surface area contributed by atoms with Crippen molar-refractivity contribution in [2.45, 2.75) is 45.3 Å². The zero-order valence-electron chi connectivity index (χ0n) is 13.9. The maximum atomic E-state index is 5.95. The first-order valence-corrected chi connectivity index (χ1v) is 8.29. The van der Waals surface area contributed by atoms with Crippen molar-refractivity contribution in [3.8, 4) is 0 Å². The summed E-state index contributed by atoms with van der Waals surface area (Å²) in [4.78, 5) is 7.05. The molecule has 0 radical (unpaired) electrons. The summed E-state index contributed by atoms with van der Waals surface area (Å²) < 4.78 is 13.3. The average Bonchev–Trinajstić information content (AvgIpc) is 3.24. The fourth-order valence-electron chi connectivity index (χ4n) is 3.67. The van der Waals surface area contributed by atoms with Gasteiger partial charge in [0.1, 0.15) is 6.10 Å². The number of aromatic nitrogens is 4. The van der Waals surface area contributed by atoms with E-state index in [2.05, 4.69) is 27.1 Å². The minimum absolute atomic E-state index is 0.0713. The Morgan fingerprint density at radius 1 is 1.30 bits per heavy atom. The Morgan fingerprint density at radius 2 is 2.17 bits per heavy atom. The van der Waals surface area contributed by atoms with Crippen LogP contribution in [0.4, 0.5) is 0 Å². The molecule has 7 nitrogen and oxygen atoms in total. The third-order valence-corrected chi connectivity index (χ3v) is 5.15. The molecule has 2 aromatic heterocycles. The summed E-state index contributed by atoms with van der Waals surface area (Å²) in [5, 5.41) is 8.59.